The van der Waals surface area contributed by atoms with E-state index in [1.807, 2.05) is 0 Å². The fraction of sp³-hybridized carbons (Fsp3) is 0.600. The molecular weight excluding hydrogens is 210 g/mol. The van der Waals surface area contributed by atoms with Crippen LogP contribution in [0, 0.1) is 6.92 Å². The molecule has 1 amide bonds. The van der Waals surface area contributed by atoms with Crippen LogP contribution in [0.3, 0.4) is 0 Å². The average molecular weight is 227 g/mol. The van der Waals surface area contributed by atoms with Gasteiger partial charge in [-0.05, 0) is 13.3 Å². The maximum atomic E-state index is 11.6. The first kappa shape index (κ1) is 12.7. The lowest BCUT2D eigenvalue weighted by molar-refractivity contribution is 0.0867. The molecular formula is C10H17N3O3. The number of amides is 1. The maximum Gasteiger partial charge on any atom is 0.254 e. The number of rotatable bonds is 7. The Morgan fingerprint density at radius 1 is 1.62 bits per heavy atom. The molecule has 1 rings (SSSR count). The van der Waals surface area contributed by atoms with Gasteiger partial charge in [-0.1, -0.05) is 0 Å². The summed E-state index contributed by atoms with van der Waals surface area (Å²) in [5, 5.41) is 17.7. The van der Waals surface area contributed by atoms with Gasteiger partial charge in [0.2, 0.25) is 0 Å². The number of hydrogen-bond donors (Lipinski definition) is 3. The molecule has 1 aromatic rings. The van der Waals surface area contributed by atoms with Crippen molar-refractivity contribution in [3.63, 3.8) is 0 Å². The van der Waals surface area contributed by atoms with Crippen LogP contribution in [0.5, 0.6) is 0 Å². The summed E-state index contributed by atoms with van der Waals surface area (Å²) < 4.78 is 5.06. The lowest BCUT2D eigenvalue weighted by Crippen LogP contribution is -2.25. The van der Waals surface area contributed by atoms with Crippen LogP contribution in [-0.4, -0.2) is 47.6 Å². The molecule has 0 aliphatic heterocycles. The molecule has 6 heteroatoms. The van der Waals surface area contributed by atoms with Crippen molar-refractivity contribution in [2.45, 2.75) is 13.3 Å². The summed E-state index contributed by atoms with van der Waals surface area (Å²) in [7, 11) is 0. The minimum atomic E-state index is -0.131. The van der Waals surface area contributed by atoms with Gasteiger partial charge in [-0.3, -0.25) is 9.89 Å². The van der Waals surface area contributed by atoms with E-state index in [0.29, 0.717) is 25.3 Å². The smallest absolute Gasteiger partial charge is 0.254 e. The molecule has 0 unspecified atom stereocenters. The van der Waals surface area contributed by atoms with Crippen molar-refractivity contribution in [3.05, 3.63) is 17.5 Å². The quantitative estimate of drug-likeness (QED) is 0.565. The SMILES string of the molecule is Cc1[nH]ncc1C(=O)NCCCOCCO. The van der Waals surface area contributed by atoms with Gasteiger partial charge in [-0.25, -0.2) is 0 Å². The highest BCUT2D eigenvalue weighted by atomic mass is 16.5. The predicted molar refractivity (Wildman–Crippen MR) is 58.2 cm³/mol. The Balaban J connectivity index is 2.14. The van der Waals surface area contributed by atoms with Gasteiger partial charge in [0.05, 0.1) is 25.0 Å². The number of carbonyl (C=O) groups excluding carboxylic acids is 1. The van der Waals surface area contributed by atoms with Gasteiger partial charge in [-0.15, -0.1) is 0 Å². The third-order valence-electron chi connectivity index (χ3n) is 2.06. The van der Waals surface area contributed by atoms with Gasteiger partial charge in [0.1, 0.15) is 0 Å². The summed E-state index contributed by atoms with van der Waals surface area (Å²) >= 11 is 0. The zero-order valence-electron chi connectivity index (χ0n) is 9.32. The molecule has 0 bridgehead atoms. The van der Waals surface area contributed by atoms with Gasteiger partial charge >= 0.3 is 0 Å². The van der Waals surface area contributed by atoms with E-state index in [4.69, 9.17) is 9.84 Å². The Hall–Kier alpha value is -1.40. The molecule has 0 aromatic carbocycles. The lowest BCUT2D eigenvalue weighted by atomic mass is 10.2. The molecule has 0 aliphatic carbocycles. The van der Waals surface area contributed by atoms with Gasteiger partial charge in [0.25, 0.3) is 5.91 Å². The second-order valence-corrected chi connectivity index (χ2v) is 3.35. The molecule has 0 saturated heterocycles. The van der Waals surface area contributed by atoms with Crippen LogP contribution in [0.1, 0.15) is 22.5 Å². The molecule has 0 saturated carbocycles. The molecule has 0 fully saturated rings. The number of aryl methyl sites for hydroxylation is 1. The molecule has 0 atom stereocenters. The van der Waals surface area contributed by atoms with Crippen molar-refractivity contribution < 1.29 is 14.6 Å². The summed E-state index contributed by atoms with van der Waals surface area (Å²) in [4.78, 5) is 11.6. The summed E-state index contributed by atoms with van der Waals surface area (Å²) in [6.07, 6.45) is 2.23. The average Bonchev–Trinajstić information content (AvgIpc) is 2.69. The van der Waals surface area contributed by atoms with Gasteiger partial charge in [0.15, 0.2) is 0 Å². The molecule has 6 nitrogen and oxygen atoms in total. The molecule has 1 aromatic heterocycles. The van der Waals surface area contributed by atoms with Crippen LogP contribution in [0.25, 0.3) is 0 Å². The van der Waals surface area contributed by atoms with E-state index in [9.17, 15) is 4.79 Å². The van der Waals surface area contributed by atoms with Crippen LogP contribution in [0.4, 0.5) is 0 Å². The molecule has 0 radical (unpaired) electrons. The standard InChI is InChI=1S/C10H17N3O3/c1-8-9(7-12-13-8)10(15)11-3-2-5-16-6-4-14/h7,14H,2-6H2,1H3,(H,11,15)(H,12,13). The molecule has 90 valence electrons. The van der Waals surface area contributed by atoms with Crippen molar-refractivity contribution in [1.29, 1.82) is 0 Å². The number of nitrogens with zero attached hydrogens (tertiary/aromatic N) is 1. The first-order valence-corrected chi connectivity index (χ1v) is 5.22. The molecule has 1 heterocycles. The Morgan fingerprint density at radius 3 is 3.06 bits per heavy atom. The number of nitrogens with one attached hydrogen (secondary N) is 2. The highest BCUT2D eigenvalue weighted by molar-refractivity contribution is 5.94. The van der Waals surface area contributed by atoms with E-state index in [1.165, 1.54) is 6.20 Å². The Bertz CT molecular complexity index is 325. The van der Waals surface area contributed by atoms with Gasteiger partial charge in [0, 0.05) is 18.8 Å². The van der Waals surface area contributed by atoms with Crippen molar-refractivity contribution in [2.75, 3.05) is 26.4 Å². The maximum absolute atomic E-state index is 11.6. The number of aliphatic hydroxyl groups is 1. The van der Waals surface area contributed by atoms with E-state index < -0.39 is 0 Å². The van der Waals surface area contributed by atoms with E-state index in [1.54, 1.807) is 6.92 Å². The number of aromatic nitrogens is 2. The molecule has 0 spiro atoms. The third-order valence-corrected chi connectivity index (χ3v) is 2.06. The van der Waals surface area contributed by atoms with Crippen LogP contribution in [-0.2, 0) is 4.74 Å². The van der Waals surface area contributed by atoms with Crippen LogP contribution < -0.4 is 5.32 Å². The Morgan fingerprint density at radius 2 is 2.44 bits per heavy atom. The minimum Gasteiger partial charge on any atom is -0.394 e. The Labute approximate surface area is 94.0 Å². The molecule has 0 aliphatic rings. The number of carbonyl (C=O) groups is 1. The molecule has 3 N–H and O–H groups in total. The van der Waals surface area contributed by atoms with Crippen molar-refractivity contribution >= 4 is 5.91 Å². The second-order valence-electron chi connectivity index (χ2n) is 3.35. The second kappa shape index (κ2) is 6.97. The monoisotopic (exact) mass is 227 g/mol. The topological polar surface area (TPSA) is 87.2 Å². The van der Waals surface area contributed by atoms with Crippen LogP contribution in [0.2, 0.25) is 0 Å². The highest BCUT2D eigenvalue weighted by Gasteiger charge is 2.09. The van der Waals surface area contributed by atoms with Crippen LogP contribution >= 0.6 is 0 Å². The van der Waals surface area contributed by atoms with E-state index in [0.717, 1.165) is 12.1 Å². The third kappa shape index (κ3) is 4.00. The first-order valence-electron chi connectivity index (χ1n) is 5.22. The number of ether oxygens (including phenoxy) is 1. The summed E-state index contributed by atoms with van der Waals surface area (Å²) in [6.45, 7) is 3.25. The fourth-order valence-corrected chi connectivity index (χ4v) is 1.22. The number of hydrogen-bond acceptors (Lipinski definition) is 4. The summed E-state index contributed by atoms with van der Waals surface area (Å²) in [5.74, 6) is -0.131. The van der Waals surface area contributed by atoms with Crippen molar-refractivity contribution in [3.8, 4) is 0 Å². The minimum absolute atomic E-state index is 0.0283. The van der Waals surface area contributed by atoms with Gasteiger partial charge in [-0.2, -0.15) is 5.10 Å². The number of aliphatic hydroxyl groups excluding tert-OH is 1. The molecule has 16 heavy (non-hydrogen) atoms. The lowest BCUT2D eigenvalue weighted by Gasteiger charge is -2.04. The Kier molecular flexibility index (Phi) is 5.52. The normalized spacial score (nSPS) is 10.4. The van der Waals surface area contributed by atoms with Crippen molar-refractivity contribution in [1.82, 2.24) is 15.5 Å². The number of H-pyrrole nitrogens is 1. The highest BCUT2D eigenvalue weighted by Crippen LogP contribution is 2.01. The van der Waals surface area contributed by atoms with E-state index in [2.05, 4.69) is 15.5 Å². The van der Waals surface area contributed by atoms with Gasteiger partial charge < -0.3 is 15.2 Å². The zero-order chi connectivity index (χ0) is 11.8. The first-order chi connectivity index (χ1) is 7.75. The van der Waals surface area contributed by atoms with Crippen LogP contribution in [0.15, 0.2) is 6.20 Å². The van der Waals surface area contributed by atoms with Crippen molar-refractivity contribution in [2.24, 2.45) is 0 Å². The predicted octanol–water partition coefficient (Wildman–Crippen LogP) is -0.153. The largest absolute Gasteiger partial charge is 0.394 e. The number of aromatic amines is 1. The van der Waals surface area contributed by atoms with E-state index in [-0.39, 0.29) is 12.5 Å². The zero-order valence-corrected chi connectivity index (χ0v) is 9.32. The summed E-state index contributed by atoms with van der Waals surface area (Å²) in [6, 6.07) is 0. The fourth-order valence-electron chi connectivity index (χ4n) is 1.22. The summed E-state index contributed by atoms with van der Waals surface area (Å²) in [5.41, 5.74) is 1.32. The van der Waals surface area contributed by atoms with E-state index >= 15 is 0 Å².